The SMILES string of the molecule is CC#CCN(CCCC)CC1CCCN1. The molecule has 1 N–H and O–H groups in total. The third-order valence-electron chi connectivity index (χ3n) is 2.95. The Morgan fingerprint density at radius 2 is 2.33 bits per heavy atom. The average molecular weight is 208 g/mol. The van der Waals surface area contributed by atoms with Gasteiger partial charge in [0.05, 0.1) is 6.54 Å². The number of nitrogens with zero attached hydrogens (tertiary/aromatic N) is 1. The molecule has 15 heavy (non-hydrogen) atoms. The first-order chi connectivity index (χ1) is 7.36. The first kappa shape index (κ1) is 12.5. The molecule has 0 aromatic carbocycles. The Morgan fingerprint density at radius 3 is 2.93 bits per heavy atom. The fourth-order valence-corrected chi connectivity index (χ4v) is 2.03. The quantitative estimate of drug-likeness (QED) is 0.670. The van der Waals surface area contributed by atoms with Crippen molar-refractivity contribution in [3.63, 3.8) is 0 Å². The molecule has 0 aliphatic carbocycles. The number of rotatable bonds is 6. The van der Waals surface area contributed by atoms with E-state index in [1.54, 1.807) is 0 Å². The largest absolute Gasteiger partial charge is 0.313 e. The van der Waals surface area contributed by atoms with Gasteiger partial charge in [-0.3, -0.25) is 4.90 Å². The fourth-order valence-electron chi connectivity index (χ4n) is 2.03. The molecule has 1 unspecified atom stereocenters. The molecule has 1 heterocycles. The highest BCUT2D eigenvalue weighted by atomic mass is 15.1. The van der Waals surface area contributed by atoms with Crippen LogP contribution in [0.4, 0.5) is 0 Å². The second kappa shape index (κ2) is 7.73. The van der Waals surface area contributed by atoms with E-state index in [0.29, 0.717) is 6.04 Å². The molecule has 2 heteroatoms. The molecule has 86 valence electrons. The van der Waals surface area contributed by atoms with Crippen molar-refractivity contribution in [3.05, 3.63) is 0 Å². The molecular weight excluding hydrogens is 184 g/mol. The van der Waals surface area contributed by atoms with E-state index in [0.717, 1.165) is 6.54 Å². The summed E-state index contributed by atoms with van der Waals surface area (Å²) < 4.78 is 0. The first-order valence-corrected chi connectivity index (χ1v) is 6.22. The van der Waals surface area contributed by atoms with Crippen molar-refractivity contribution >= 4 is 0 Å². The zero-order valence-corrected chi connectivity index (χ0v) is 10.2. The zero-order valence-electron chi connectivity index (χ0n) is 10.2. The highest BCUT2D eigenvalue weighted by molar-refractivity contribution is 4.98. The Bertz CT molecular complexity index is 208. The van der Waals surface area contributed by atoms with Gasteiger partial charge in [-0.15, -0.1) is 5.92 Å². The highest BCUT2D eigenvalue weighted by Crippen LogP contribution is 2.07. The Labute approximate surface area is 94.4 Å². The summed E-state index contributed by atoms with van der Waals surface area (Å²) in [4.78, 5) is 2.49. The van der Waals surface area contributed by atoms with E-state index in [1.165, 1.54) is 45.3 Å². The molecule has 0 saturated carbocycles. The minimum atomic E-state index is 0.709. The van der Waals surface area contributed by atoms with Crippen LogP contribution < -0.4 is 5.32 Å². The number of nitrogens with one attached hydrogen (secondary N) is 1. The van der Waals surface area contributed by atoms with Gasteiger partial charge in [-0.2, -0.15) is 0 Å². The maximum absolute atomic E-state index is 3.55. The second-order valence-corrected chi connectivity index (χ2v) is 4.31. The van der Waals surface area contributed by atoms with Crippen LogP contribution in [0.5, 0.6) is 0 Å². The van der Waals surface area contributed by atoms with Gasteiger partial charge in [0.2, 0.25) is 0 Å². The Balaban J connectivity index is 2.28. The highest BCUT2D eigenvalue weighted by Gasteiger charge is 2.16. The summed E-state index contributed by atoms with van der Waals surface area (Å²) >= 11 is 0. The van der Waals surface area contributed by atoms with Crippen molar-refractivity contribution in [1.82, 2.24) is 10.2 Å². The van der Waals surface area contributed by atoms with E-state index < -0.39 is 0 Å². The normalized spacial score (nSPS) is 20.3. The van der Waals surface area contributed by atoms with Crippen molar-refractivity contribution in [2.45, 2.75) is 45.6 Å². The predicted molar refractivity (Wildman–Crippen MR) is 65.8 cm³/mol. The molecule has 1 aliphatic rings. The summed E-state index contributed by atoms with van der Waals surface area (Å²) in [6.07, 6.45) is 5.24. The van der Waals surface area contributed by atoms with Crippen molar-refractivity contribution in [3.8, 4) is 11.8 Å². The lowest BCUT2D eigenvalue weighted by Gasteiger charge is -2.23. The Kier molecular flexibility index (Phi) is 6.47. The van der Waals surface area contributed by atoms with Gasteiger partial charge in [-0.05, 0) is 39.3 Å². The third-order valence-corrected chi connectivity index (χ3v) is 2.95. The lowest BCUT2D eigenvalue weighted by molar-refractivity contribution is 0.273. The Hall–Kier alpha value is -0.520. The summed E-state index contributed by atoms with van der Waals surface area (Å²) in [7, 11) is 0. The number of hydrogen-bond acceptors (Lipinski definition) is 2. The lowest BCUT2D eigenvalue weighted by Crippen LogP contribution is -2.38. The van der Waals surface area contributed by atoms with Gasteiger partial charge < -0.3 is 5.32 Å². The van der Waals surface area contributed by atoms with Crippen LogP contribution in [0, 0.1) is 11.8 Å². The fraction of sp³-hybridized carbons (Fsp3) is 0.846. The van der Waals surface area contributed by atoms with Gasteiger partial charge in [-0.1, -0.05) is 19.3 Å². The molecular formula is C13H24N2. The molecule has 1 rings (SSSR count). The molecule has 2 nitrogen and oxygen atoms in total. The van der Waals surface area contributed by atoms with E-state index in [4.69, 9.17) is 0 Å². The van der Waals surface area contributed by atoms with E-state index >= 15 is 0 Å². The molecule has 0 amide bonds. The van der Waals surface area contributed by atoms with E-state index in [2.05, 4.69) is 29.0 Å². The molecule has 0 aromatic heterocycles. The topological polar surface area (TPSA) is 15.3 Å². The van der Waals surface area contributed by atoms with Gasteiger partial charge in [0.1, 0.15) is 0 Å². The van der Waals surface area contributed by atoms with Crippen molar-refractivity contribution in [2.24, 2.45) is 0 Å². The van der Waals surface area contributed by atoms with Crippen LogP contribution in [-0.4, -0.2) is 37.1 Å². The van der Waals surface area contributed by atoms with Gasteiger partial charge in [0.25, 0.3) is 0 Å². The minimum Gasteiger partial charge on any atom is -0.313 e. The molecule has 0 bridgehead atoms. The van der Waals surface area contributed by atoms with E-state index in [9.17, 15) is 0 Å². The van der Waals surface area contributed by atoms with Gasteiger partial charge in [-0.25, -0.2) is 0 Å². The zero-order chi connectivity index (χ0) is 10.9. The maximum atomic E-state index is 3.55. The minimum absolute atomic E-state index is 0.709. The summed E-state index contributed by atoms with van der Waals surface area (Å²) in [5.74, 6) is 6.17. The molecule has 1 atom stereocenters. The van der Waals surface area contributed by atoms with Gasteiger partial charge in [0, 0.05) is 12.6 Å². The second-order valence-electron chi connectivity index (χ2n) is 4.31. The first-order valence-electron chi connectivity index (χ1n) is 6.22. The summed E-state index contributed by atoms with van der Waals surface area (Å²) in [6, 6.07) is 0.709. The molecule has 1 aliphatic heterocycles. The van der Waals surface area contributed by atoms with Crippen LogP contribution in [0.1, 0.15) is 39.5 Å². The molecule has 1 fully saturated rings. The van der Waals surface area contributed by atoms with Crippen molar-refractivity contribution < 1.29 is 0 Å². The maximum Gasteiger partial charge on any atom is 0.0602 e. The smallest absolute Gasteiger partial charge is 0.0602 e. The monoisotopic (exact) mass is 208 g/mol. The van der Waals surface area contributed by atoms with E-state index in [1.807, 2.05) is 6.92 Å². The standard InChI is InChI=1S/C13H24N2/c1-3-5-10-15(11-6-4-2)12-13-8-7-9-14-13/h13-14H,3,5,7-12H2,1-2H3. The molecule has 0 spiro atoms. The number of hydrogen-bond donors (Lipinski definition) is 1. The lowest BCUT2D eigenvalue weighted by atomic mass is 10.2. The third kappa shape index (κ3) is 5.20. The van der Waals surface area contributed by atoms with E-state index in [-0.39, 0.29) is 0 Å². The van der Waals surface area contributed by atoms with Gasteiger partial charge in [0.15, 0.2) is 0 Å². The van der Waals surface area contributed by atoms with Gasteiger partial charge >= 0.3 is 0 Å². The average Bonchev–Trinajstić information content (AvgIpc) is 2.74. The summed E-state index contributed by atoms with van der Waals surface area (Å²) in [5.41, 5.74) is 0. The van der Waals surface area contributed by atoms with Crippen LogP contribution >= 0.6 is 0 Å². The van der Waals surface area contributed by atoms with Crippen LogP contribution in [0.3, 0.4) is 0 Å². The molecule has 0 radical (unpaired) electrons. The van der Waals surface area contributed by atoms with Crippen LogP contribution in [0.2, 0.25) is 0 Å². The van der Waals surface area contributed by atoms with Crippen molar-refractivity contribution in [2.75, 3.05) is 26.2 Å². The predicted octanol–water partition coefficient (Wildman–Crippen LogP) is 1.86. The number of unbranched alkanes of at least 4 members (excludes halogenated alkanes) is 1. The summed E-state index contributed by atoms with van der Waals surface area (Å²) in [6.45, 7) is 8.68. The summed E-state index contributed by atoms with van der Waals surface area (Å²) in [5, 5.41) is 3.55. The molecule has 1 saturated heterocycles. The Morgan fingerprint density at radius 1 is 1.47 bits per heavy atom. The van der Waals surface area contributed by atoms with Crippen LogP contribution in [0.25, 0.3) is 0 Å². The molecule has 0 aromatic rings. The van der Waals surface area contributed by atoms with Crippen LogP contribution in [0.15, 0.2) is 0 Å². The van der Waals surface area contributed by atoms with Crippen LogP contribution in [-0.2, 0) is 0 Å². The van der Waals surface area contributed by atoms with Crippen molar-refractivity contribution in [1.29, 1.82) is 0 Å².